The third kappa shape index (κ3) is 2.99. The monoisotopic (exact) mass is 335 g/mol. The van der Waals surface area contributed by atoms with Crippen molar-refractivity contribution in [2.24, 2.45) is 0 Å². The number of rotatable bonds is 3. The number of nitrogens with one attached hydrogen (secondary N) is 1. The van der Waals surface area contributed by atoms with Gasteiger partial charge in [0.05, 0.1) is 12.7 Å². The average Bonchev–Trinajstić information content (AvgIpc) is 2.43. The van der Waals surface area contributed by atoms with E-state index in [9.17, 15) is 9.59 Å². The van der Waals surface area contributed by atoms with Crippen molar-refractivity contribution in [3.8, 4) is 0 Å². The van der Waals surface area contributed by atoms with Gasteiger partial charge >= 0.3 is 5.97 Å². The van der Waals surface area contributed by atoms with Crippen LogP contribution in [0.5, 0.6) is 0 Å². The number of carbonyl (C=O) groups excluding carboxylic acids is 1. The molecule has 0 bridgehead atoms. The van der Waals surface area contributed by atoms with E-state index in [2.05, 4.69) is 20.9 Å². The van der Waals surface area contributed by atoms with Crippen LogP contribution in [0.2, 0.25) is 0 Å². The molecule has 1 aromatic carbocycles. The third-order valence-corrected chi connectivity index (χ3v) is 3.83. The Labute approximate surface area is 124 Å². The number of H-pyrrole nitrogens is 1. The second kappa shape index (κ2) is 6.05. The fourth-order valence-corrected chi connectivity index (χ4v) is 2.39. The summed E-state index contributed by atoms with van der Waals surface area (Å²) in [4.78, 5) is 26.4. The van der Waals surface area contributed by atoms with Crippen molar-refractivity contribution in [1.82, 2.24) is 4.98 Å². The van der Waals surface area contributed by atoms with Gasteiger partial charge in [0.2, 0.25) is 0 Å². The molecule has 20 heavy (non-hydrogen) atoms. The molecule has 104 valence electrons. The SMILES string of the molecule is COC(=O)c1cc(Cc2ccccc2Br)c(=O)[nH]c1C. The number of aromatic nitrogens is 1. The third-order valence-electron chi connectivity index (χ3n) is 3.06. The van der Waals surface area contributed by atoms with Crippen LogP contribution in [0.15, 0.2) is 39.6 Å². The highest BCUT2D eigenvalue weighted by atomic mass is 79.9. The number of ether oxygens (including phenoxy) is 1. The zero-order valence-corrected chi connectivity index (χ0v) is 12.8. The van der Waals surface area contributed by atoms with E-state index >= 15 is 0 Å². The summed E-state index contributed by atoms with van der Waals surface area (Å²) in [5.41, 5.74) is 2.22. The molecule has 0 aliphatic rings. The first-order chi connectivity index (χ1) is 9.52. The molecule has 0 spiro atoms. The first kappa shape index (κ1) is 14.5. The zero-order chi connectivity index (χ0) is 14.7. The summed E-state index contributed by atoms with van der Waals surface area (Å²) in [6, 6.07) is 9.26. The number of carbonyl (C=O) groups is 1. The van der Waals surface area contributed by atoms with Crippen LogP contribution in [0.1, 0.15) is 27.2 Å². The van der Waals surface area contributed by atoms with E-state index in [0.717, 1.165) is 10.0 Å². The molecule has 0 aliphatic carbocycles. The minimum atomic E-state index is -0.452. The number of hydrogen-bond donors (Lipinski definition) is 1. The molecule has 0 atom stereocenters. The van der Waals surface area contributed by atoms with E-state index in [4.69, 9.17) is 4.74 Å². The summed E-state index contributed by atoms with van der Waals surface area (Å²) in [5.74, 6) is -0.452. The van der Waals surface area contributed by atoms with E-state index in [1.165, 1.54) is 7.11 Å². The molecule has 0 fully saturated rings. The molecule has 0 saturated carbocycles. The van der Waals surface area contributed by atoms with Crippen molar-refractivity contribution in [3.05, 3.63) is 67.5 Å². The lowest BCUT2D eigenvalue weighted by Crippen LogP contribution is -2.18. The normalized spacial score (nSPS) is 10.3. The van der Waals surface area contributed by atoms with E-state index in [1.807, 2.05) is 24.3 Å². The molecule has 5 heteroatoms. The molecule has 4 nitrogen and oxygen atoms in total. The Balaban J connectivity index is 2.45. The first-order valence-electron chi connectivity index (χ1n) is 6.07. The summed E-state index contributed by atoms with van der Waals surface area (Å²) < 4.78 is 5.65. The highest BCUT2D eigenvalue weighted by molar-refractivity contribution is 9.10. The summed E-state index contributed by atoms with van der Waals surface area (Å²) in [5, 5.41) is 0. The highest BCUT2D eigenvalue weighted by Gasteiger charge is 2.14. The maximum Gasteiger partial charge on any atom is 0.339 e. The Morgan fingerprint density at radius 1 is 1.30 bits per heavy atom. The Morgan fingerprint density at radius 3 is 2.65 bits per heavy atom. The molecule has 0 unspecified atom stereocenters. The van der Waals surface area contributed by atoms with Crippen LogP contribution < -0.4 is 5.56 Å². The Bertz CT molecular complexity index is 707. The topological polar surface area (TPSA) is 59.2 Å². The minimum absolute atomic E-state index is 0.189. The number of benzene rings is 1. The van der Waals surface area contributed by atoms with Crippen molar-refractivity contribution in [1.29, 1.82) is 0 Å². The van der Waals surface area contributed by atoms with Gasteiger partial charge in [0.25, 0.3) is 5.56 Å². The van der Waals surface area contributed by atoms with E-state index < -0.39 is 5.97 Å². The number of esters is 1. The van der Waals surface area contributed by atoms with Crippen LogP contribution in [-0.2, 0) is 11.2 Å². The largest absolute Gasteiger partial charge is 0.465 e. The molecular weight excluding hydrogens is 322 g/mol. The van der Waals surface area contributed by atoms with E-state index in [0.29, 0.717) is 23.2 Å². The van der Waals surface area contributed by atoms with Gasteiger partial charge < -0.3 is 9.72 Å². The molecule has 2 rings (SSSR count). The molecule has 1 aromatic heterocycles. The van der Waals surface area contributed by atoms with Crippen molar-refractivity contribution < 1.29 is 9.53 Å². The van der Waals surface area contributed by atoms with E-state index in [1.54, 1.807) is 13.0 Å². The van der Waals surface area contributed by atoms with Crippen LogP contribution in [0, 0.1) is 6.92 Å². The van der Waals surface area contributed by atoms with Crippen LogP contribution in [0.25, 0.3) is 0 Å². The predicted molar refractivity (Wildman–Crippen MR) is 80.1 cm³/mol. The fourth-order valence-electron chi connectivity index (χ4n) is 1.97. The molecule has 1 heterocycles. The van der Waals surface area contributed by atoms with Crippen molar-refractivity contribution in [2.45, 2.75) is 13.3 Å². The van der Waals surface area contributed by atoms with Crippen LogP contribution >= 0.6 is 15.9 Å². The summed E-state index contributed by atoms with van der Waals surface area (Å²) in [6.45, 7) is 1.68. The predicted octanol–water partition coefficient (Wildman–Crippen LogP) is 2.82. The number of aryl methyl sites for hydroxylation is 1. The van der Waals surface area contributed by atoms with Crippen LogP contribution in [0.3, 0.4) is 0 Å². The Kier molecular flexibility index (Phi) is 4.39. The van der Waals surface area contributed by atoms with Gasteiger partial charge in [-0.3, -0.25) is 4.79 Å². The van der Waals surface area contributed by atoms with Crippen molar-refractivity contribution in [2.75, 3.05) is 7.11 Å². The van der Waals surface area contributed by atoms with Gasteiger partial charge in [-0.15, -0.1) is 0 Å². The van der Waals surface area contributed by atoms with Gasteiger partial charge in [-0.05, 0) is 24.6 Å². The Hall–Kier alpha value is -1.88. The number of aromatic amines is 1. The van der Waals surface area contributed by atoms with Gasteiger partial charge in [-0.2, -0.15) is 0 Å². The fraction of sp³-hybridized carbons (Fsp3) is 0.200. The van der Waals surface area contributed by atoms with Crippen LogP contribution in [0.4, 0.5) is 0 Å². The van der Waals surface area contributed by atoms with Gasteiger partial charge in [-0.25, -0.2) is 4.79 Å². The standard InChI is InChI=1S/C15H14BrNO3/c1-9-12(15(19)20-2)8-11(14(18)17-9)7-10-5-3-4-6-13(10)16/h3-6,8H,7H2,1-2H3,(H,17,18). The molecule has 0 aliphatic heterocycles. The summed E-state index contributed by atoms with van der Waals surface area (Å²) in [6.07, 6.45) is 0.445. The molecule has 1 N–H and O–H groups in total. The summed E-state index contributed by atoms with van der Waals surface area (Å²) in [7, 11) is 1.32. The number of hydrogen-bond acceptors (Lipinski definition) is 3. The number of halogens is 1. The smallest absolute Gasteiger partial charge is 0.339 e. The maximum atomic E-state index is 12.0. The Morgan fingerprint density at radius 2 is 2.00 bits per heavy atom. The second-order valence-corrected chi connectivity index (χ2v) is 5.28. The molecule has 0 radical (unpaired) electrons. The molecular formula is C15H14BrNO3. The van der Waals surface area contributed by atoms with Gasteiger partial charge in [-0.1, -0.05) is 34.1 Å². The number of methoxy groups -OCH3 is 1. The maximum absolute atomic E-state index is 12.0. The minimum Gasteiger partial charge on any atom is -0.465 e. The van der Waals surface area contributed by atoms with Crippen molar-refractivity contribution >= 4 is 21.9 Å². The molecule has 0 saturated heterocycles. The van der Waals surface area contributed by atoms with Crippen molar-refractivity contribution in [3.63, 3.8) is 0 Å². The van der Waals surface area contributed by atoms with Gasteiger partial charge in [0, 0.05) is 22.2 Å². The van der Waals surface area contributed by atoms with E-state index in [-0.39, 0.29) is 5.56 Å². The van der Waals surface area contributed by atoms with Crippen LogP contribution in [-0.4, -0.2) is 18.1 Å². The lowest BCUT2D eigenvalue weighted by atomic mass is 10.0. The average molecular weight is 336 g/mol. The molecule has 2 aromatic rings. The quantitative estimate of drug-likeness (QED) is 0.877. The first-order valence-corrected chi connectivity index (χ1v) is 6.86. The zero-order valence-electron chi connectivity index (χ0n) is 11.2. The lowest BCUT2D eigenvalue weighted by molar-refractivity contribution is 0.0599. The second-order valence-electron chi connectivity index (χ2n) is 4.42. The number of pyridine rings is 1. The lowest BCUT2D eigenvalue weighted by Gasteiger charge is -2.08. The molecule has 0 amide bonds. The summed E-state index contributed by atoms with van der Waals surface area (Å²) >= 11 is 3.45. The highest BCUT2D eigenvalue weighted by Crippen LogP contribution is 2.19. The van der Waals surface area contributed by atoms with Gasteiger partial charge in [0.15, 0.2) is 0 Å². The van der Waals surface area contributed by atoms with Gasteiger partial charge in [0.1, 0.15) is 0 Å².